The van der Waals surface area contributed by atoms with Gasteiger partial charge in [-0.15, -0.1) is 0 Å². The van der Waals surface area contributed by atoms with Crippen LogP contribution in [-0.2, 0) is 21.2 Å². The van der Waals surface area contributed by atoms with Crippen LogP contribution in [0.4, 0.5) is 0 Å². The zero-order valence-corrected chi connectivity index (χ0v) is 19.6. The minimum Gasteiger partial charge on any atom is -0.482 e. The lowest BCUT2D eigenvalue weighted by molar-refractivity contribution is -0.139. The third kappa shape index (κ3) is 5.21. The van der Waals surface area contributed by atoms with Gasteiger partial charge in [0.2, 0.25) is 10.0 Å². The molecule has 1 atom stereocenters. The smallest absolute Gasteiger partial charge is 0.341 e. The largest absolute Gasteiger partial charge is 0.482 e. The first-order valence-electron chi connectivity index (χ1n) is 10.6. The molecule has 0 aliphatic heterocycles. The number of nitrogens with one attached hydrogen (secondary N) is 1. The molecule has 172 valence electrons. The zero-order chi connectivity index (χ0) is 23.6. The average molecular weight is 486 g/mol. The van der Waals surface area contributed by atoms with Crippen molar-refractivity contribution in [3.8, 4) is 16.9 Å². The third-order valence-electron chi connectivity index (χ3n) is 5.79. The molecule has 6 nitrogen and oxygen atoms in total. The maximum Gasteiger partial charge on any atom is 0.341 e. The Balaban J connectivity index is 1.57. The molecule has 8 heteroatoms. The van der Waals surface area contributed by atoms with E-state index in [0.29, 0.717) is 23.6 Å². The Kier molecular flexibility index (Phi) is 6.74. The van der Waals surface area contributed by atoms with Crippen LogP contribution in [0.2, 0.25) is 5.02 Å². The Morgan fingerprint density at radius 1 is 1.15 bits per heavy atom. The van der Waals surface area contributed by atoms with Crippen molar-refractivity contribution in [3.05, 3.63) is 82.4 Å². The number of benzene rings is 3. The zero-order valence-electron chi connectivity index (χ0n) is 18.0. The second-order valence-corrected chi connectivity index (χ2v) is 10.2. The highest BCUT2D eigenvalue weighted by Gasteiger charge is 2.27. The molecule has 0 spiro atoms. The molecule has 0 fully saturated rings. The summed E-state index contributed by atoms with van der Waals surface area (Å²) < 4.78 is 34.5. The van der Waals surface area contributed by atoms with Crippen molar-refractivity contribution < 1.29 is 23.1 Å². The standard InChI is InChI=1S/C25H24ClNO5S/c1-16-8-11-18(26)14-22(16)17-9-12-19(13-10-17)33(30,31)27-23-6-2-5-21-20(23)4-3-7-24(21)32-15-25(28)29/h3-4,7-14,23,27H,2,5-6,15H2,1H3,(H,28,29). The molecule has 3 aromatic rings. The van der Waals surface area contributed by atoms with E-state index in [9.17, 15) is 13.2 Å². The van der Waals surface area contributed by atoms with E-state index in [1.54, 1.807) is 36.4 Å². The van der Waals surface area contributed by atoms with E-state index < -0.39 is 28.6 Å². The highest BCUT2D eigenvalue weighted by atomic mass is 35.5. The van der Waals surface area contributed by atoms with E-state index in [2.05, 4.69) is 4.72 Å². The number of halogens is 1. The number of carboxylic acid groups (broad SMARTS) is 1. The molecular weight excluding hydrogens is 462 g/mol. The third-order valence-corrected chi connectivity index (χ3v) is 7.51. The number of hydrogen-bond donors (Lipinski definition) is 2. The minimum absolute atomic E-state index is 0.177. The second-order valence-electron chi connectivity index (χ2n) is 8.06. The summed E-state index contributed by atoms with van der Waals surface area (Å²) in [7, 11) is -3.77. The van der Waals surface area contributed by atoms with Gasteiger partial charge in [0, 0.05) is 11.1 Å². The van der Waals surface area contributed by atoms with Gasteiger partial charge in [-0.1, -0.05) is 41.9 Å². The Morgan fingerprint density at radius 3 is 2.64 bits per heavy atom. The molecule has 0 radical (unpaired) electrons. The van der Waals surface area contributed by atoms with E-state index in [-0.39, 0.29) is 4.90 Å². The molecule has 0 aromatic heterocycles. The summed E-state index contributed by atoms with van der Waals surface area (Å²) in [5.74, 6) is -0.572. The number of fused-ring (bicyclic) bond motifs is 1. The monoisotopic (exact) mass is 485 g/mol. The number of rotatable bonds is 7. The van der Waals surface area contributed by atoms with E-state index in [1.807, 2.05) is 31.2 Å². The maximum atomic E-state index is 13.1. The molecule has 0 saturated carbocycles. The van der Waals surface area contributed by atoms with Gasteiger partial charge in [0.15, 0.2) is 6.61 Å². The lowest BCUT2D eigenvalue weighted by Gasteiger charge is -2.27. The summed E-state index contributed by atoms with van der Waals surface area (Å²) in [6.45, 7) is 1.54. The highest BCUT2D eigenvalue weighted by molar-refractivity contribution is 7.89. The van der Waals surface area contributed by atoms with Gasteiger partial charge >= 0.3 is 5.97 Å². The van der Waals surface area contributed by atoms with Gasteiger partial charge in [-0.3, -0.25) is 0 Å². The van der Waals surface area contributed by atoms with E-state index in [0.717, 1.165) is 34.2 Å². The van der Waals surface area contributed by atoms with Crippen molar-refractivity contribution in [2.75, 3.05) is 6.61 Å². The predicted molar refractivity (Wildman–Crippen MR) is 127 cm³/mol. The molecule has 1 aliphatic carbocycles. The van der Waals surface area contributed by atoms with E-state index >= 15 is 0 Å². The SMILES string of the molecule is Cc1ccc(Cl)cc1-c1ccc(S(=O)(=O)NC2CCCc3c(OCC(=O)O)cccc32)cc1. The number of hydrogen-bond acceptors (Lipinski definition) is 4. The minimum atomic E-state index is -3.77. The van der Waals surface area contributed by atoms with Crippen molar-refractivity contribution in [1.82, 2.24) is 4.72 Å². The van der Waals surface area contributed by atoms with Crippen LogP contribution in [0, 0.1) is 6.92 Å². The average Bonchev–Trinajstić information content (AvgIpc) is 2.79. The number of carboxylic acids is 1. The number of carbonyl (C=O) groups is 1. The number of sulfonamides is 1. The Labute approximate surface area is 198 Å². The molecule has 33 heavy (non-hydrogen) atoms. The van der Waals surface area contributed by atoms with Gasteiger partial charge in [-0.2, -0.15) is 0 Å². The van der Waals surface area contributed by atoms with Crippen molar-refractivity contribution in [2.24, 2.45) is 0 Å². The quantitative estimate of drug-likeness (QED) is 0.483. The Hall–Kier alpha value is -2.87. The lowest BCUT2D eigenvalue weighted by atomic mass is 9.87. The van der Waals surface area contributed by atoms with Crippen LogP contribution in [0.5, 0.6) is 5.75 Å². The number of aryl methyl sites for hydroxylation is 1. The van der Waals surface area contributed by atoms with Crippen LogP contribution in [-0.4, -0.2) is 26.1 Å². The van der Waals surface area contributed by atoms with Crippen LogP contribution >= 0.6 is 11.6 Å². The number of aliphatic carboxylic acids is 1. The Morgan fingerprint density at radius 2 is 1.91 bits per heavy atom. The second kappa shape index (κ2) is 9.55. The molecule has 0 bridgehead atoms. The van der Waals surface area contributed by atoms with Gasteiger partial charge in [0.1, 0.15) is 5.75 Å². The van der Waals surface area contributed by atoms with Crippen molar-refractivity contribution in [3.63, 3.8) is 0 Å². The van der Waals surface area contributed by atoms with Gasteiger partial charge in [-0.25, -0.2) is 17.9 Å². The van der Waals surface area contributed by atoms with Crippen LogP contribution < -0.4 is 9.46 Å². The molecule has 0 amide bonds. The van der Waals surface area contributed by atoms with E-state index in [4.69, 9.17) is 21.4 Å². The summed E-state index contributed by atoms with van der Waals surface area (Å²) >= 11 is 6.12. The fourth-order valence-corrected chi connectivity index (χ4v) is 5.61. The Bertz CT molecular complexity index is 1290. The van der Waals surface area contributed by atoms with Crippen molar-refractivity contribution in [2.45, 2.75) is 37.1 Å². The van der Waals surface area contributed by atoms with Crippen LogP contribution in [0.25, 0.3) is 11.1 Å². The summed E-state index contributed by atoms with van der Waals surface area (Å²) in [4.78, 5) is 11.1. The molecule has 1 aliphatic rings. The highest BCUT2D eigenvalue weighted by Crippen LogP contribution is 2.36. The number of ether oxygens (including phenoxy) is 1. The molecule has 2 N–H and O–H groups in total. The topological polar surface area (TPSA) is 92.7 Å². The van der Waals surface area contributed by atoms with Gasteiger partial charge in [-0.05, 0) is 84.3 Å². The van der Waals surface area contributed by atoms with Gasteiger partial charge in [0.25, 0.3) is 0 Å². The normalized spacial score (nSPS) is 15.6. The molecular formula is C25H24ClNO5S. The van der Waals surface area contributed by atoms with Gasteiger partial charge < -0.3 is 9.84 Å². The maximum absolute atomic E-state index is 13.1. The fourth-order valence-electron chi connectivity index (χ4n) is 4.19. The van der Waals surface area contributed by atoms with Crippen LogP contribution in [0.15, 0.2) is 65.6 Å². The summed E-state index contributed by atoms with van der Waals surface area (Å²) in [6, 6.07) is 17.3. The van der Waals surface area contributed by atoms with Crippen molar-refractivity contribution >= 4 is 27.6 Å². The first-order chi connectivity index (χ1) is 15.7. The predicted octanol–water partition coefficient (Wildman–Crippen LogP) is 5.13. The van der Waals surface area contributed by atoms with E-state index in [1.165, 1.54) is 0 Å². The fraction of sp³-hybridized carbons (Fsp3) is 0.240. The lowest BCUT2D eigenvalue weighted by Crippen LogP contribution is -2.31. The van der Waals surface area contributed by atoms with Crippen LogP contribution in [0.1, 0.15) is 35.6 Å². The first-order valence-corrected chi connectivity index (χ1v) is 12.5. The summed E-state index contributed by atoms with van der Waals surface area (Å²) in [5, 5.41) is 9.53. The first kappa shape index (κ1) is 23.3. The molecule has 4 rings (SSSR count). The van der Waals surface area contributed by atoms with Crippen LogP contribution in [0.3, 0.4) is 0 Å². The molecule has 0 saturated heterocycles. The summed E-state index contributed by atoms with van der Waals surface area (Å²) in [5.41, 5.74) is 4.56. The molecule has 1 unspecified atom stereocenters. The molecule has 3 aromatic carbocycles. The van der Waals surface area contributed by atoms with Gasteiger partial charge in [0.05, 0.1) is 4.90 Å². The van der Waals surface area contributed by atoms with Crippen molar-refractivity contribution in [1.29, 1.82) is 0 Å². The summed E-state index contributed by atoms with van der Waals surface area (Å²) in [6.07, 6.45) is 2.12. The molecule has 0 heterocycles.